The predicted molar refractivity (Wildman–Crippen MR) is 82.6 cm³/mol. The molecule has 21 heavy (non-hydrogen) atoms. The molecule has 3 aliphatic heterocycles. The minimum absolute atomic E-state index is 0.0614. The van der Waals surface area contributed by atoms with Crippen molar-refractivity contribution in [2.24, 2.45) is 5.92 Å². The number of nitrogens with one attached hydrogen (secondary N) is 1. The Morgan fingerprint density at radius 2 is 2.10 bits per heavy atom. The van der Waals surface area contributed by atoms with Crippen molar-refractivity contribution in [3.63, 3.8) is 0 Å². The van der Waals surface area contributed by atoms with Crippen LogP contribution in [0.2, 0.25) is 5.02 Å². The average Bonchev–Trinajstić information content (AvgIpc) is 2.50. The van der Waals surface area contributed by atoms with Crippen LogP contribution in [0.25, 0.3) is 0 Å². The fourth-order valence-electron chi connectivity index (χ4n) is 3.21. The van der Waals surface area contributed by atoms with Crippen molar-refractivity contribution in [1.29, 1.82) is 0 Å². The number of fused-ring (bicyclic) bond motifs is 3. The van der Waals surface area contributed by atoms with Crippen LogP contribution in [0.15, 0.2) is 24.3 Å². The molecule has 0 radical (unpaired) electrons. The highest BCUT2D eigenvalue weighted by molar-refractivity contribution is 6.32. The second-order valence-corrected chi connectivity index (χ2v) is 6.35. The minimum atomic E-state index is -0.541. The average molecular weight is 309 g/mol. The Morgan fingerprint density at radius 3 is 2.71 bits per heavy atom. The van der Waals surface area contributed by atoms with Crippen molar-refractivity contribution in [3.8, 4) is 5.75 Å². The van der Waals surface area contributed by atoms with E-state index in [2.05, 4.69) is 10.2 Å². The Kier molecular flexibility index (Phi) is 4.36. The highest BCUT2D eigenvalue weighted by Gasteiger charge is 2.35. The standard InChI is InChI=1S/C16H21ClN2O2/c1-11(21-15-5-3-2-4-13(15)17)16(20)18-14-10-19-8-6-12(14)7-9-19/h2-5,11-12,14H,6-10H2,1H3,(H,18,20). The summed E-state index contributed by atoms with van der Waals surface area (Å²) < 4.78 is 5.67. The van der Waals surface area contributed by atoms with E-state index in [4.69, 9.17) is 16.3 Å². The maximum atomic E-state index is 12.3. The third-order valence-electron chi connectivity index (χ3n) is 4.49. The smallest absolute Gasteiger partial charge is 0.261 e. The van der Waals surface area contributed by atoms with Crippen molar-refractivity contribution < 1.29 is 9.53 Å². The van der Waals surface area contributed by atoms with Gasteiger partial charge in [0.15, 0.2) is 6.10 Å². The number of nitrogens with zero attached hydrogens (tertiary/aromatic N) is 1. The number of hydrogen-bond acceptors (Lipinski definition) is 3. The molecule has 0 aromatic heterocycles. The number of amides is 1. The van der Waals surface area contributed by atoms with Gasteiger partial charge in [-0.25, -0.2) is 0 Å². The number of carbonyl (C=O) groups is 1. The third kappa shape index (κ3) is 3.33. The van der Waals surface area contributed by atoms with Gasteiger partial charge in [-0.15, -0.1) is 0 Å². The van der Waals surface area contributed by atoms with Gasteiger partial charge in [0.1, 0.15) is 5.75 Å². The number of ether oxygens (including phenoxy) is 1. The quantitative estimate of drug-likeness (QED) is 0.928. The third-order valence-corrected chi connectivity index (χ3v) is 4.81. The van der Waals surface area contributed by atoms with Gasteiger partial charge in [0, 0.05) is 12.6 Å². The van der Waals surface area contributed by atoms with E-state index < -0.39 is 6.10 Å². The van der Waals surface area contributed by atoms with E-state index in [9.17, 15) is 4.79 Å². The molecule has 0 spiro atoms. The van der Waals surface area contributed by atoms with E-state index in [1.807, 2.05) is 12.1 Å². The van der Waals surface area contributed by atoms with Crippen LogP contribution in [0.3, 0.4) is 0 Å². The van der Waals surface area contributed by atoms with Crippen LogP contribution in [0.5, 0.6) is 5.75 Å². The first kappa shape index (κ1) is 14.7. The Labute approximate surface area is 130 Å². The molecular weight excluding hydrogens is 288 g/mol. The summed E-state index contributed by atoms with van der Waals surface area (Å²) in [4.78, 5) is 14.7. The molecule has 3 saturated heterocycles. The molecule has 3 aliphatic rings. The maximum absolute atomic E-state index is 12.3. The zero-order valence-corrected chi connectivity index (χ0v) is 13.0. The molecule has 2 atom stereocenters. The van der Waals surface area contributed by atoms with Crippen molar-refractivity contribution >= 4 is 17.5 Å². The van der Waals surface area contributed by atoms with Gasteiger partial charge in [-0.05, 0) is 50.9 Å². The van der Waals surface area contributed by atoms with Crippen LogP contribution in [-0.4, -0.2) is 42.6 Å². The van der Waals surface area contributed by atoms with Gasteiger partial charge in [-0.2, -0.15) is 0 Å². The lowest BCUT2D eigenvalue weighted by Crippen LogP contribution is -2.58. The van der Waals surface area contributed by atoms with Gasteiger partial charge in [0.25, 0.3) is 5.91 Å². The Morgan fingerprint density at radius 1 is 1.38 bits per heavy atom. The van der Waals surface area contributed by atoms with Crippen LogP contribution >= 0.6 is 11.6 Å². The fraction of sp³-hybridized carbons (Fsp3) is 0.562. The highest BCUT2D eigenvalue weighted by atomic mass is 35.5. The van der Waals surface area contributed by atoms with Gasteiger partial charge in [0.2, 0.25) is 0 Å². The van der Waals surface area contributed by atoms with E-state index in [0.717, 1.165) is 6.54 Å². The SMILES string of the molecule is CC(Oc1ccccc1Cl)C(=O)NC1CN2CCC1CC2. The van der Waals surface area contributed by atoms with Crippen LogP contribution in [0, 0.1) is 5.92 Å². The van der Waals surface area contributed by atoms with Gasteiger partial charge in [-0.1, -0.05) is 23.7 Å². The number of piperidine rings is 3. The van der Waals surface area contributed by atoms with Crippen LogP contribution in [0.1, 0.15) is 19.8 Å². The Bertz CT molecular complexity index is 515. The van der Waals surface area contributed by atoms with Crippen molar-refractivity contribution in [1.82, 2.24) is 10.2 Å². The lowest BCUT2D eigenvalue weighted by molar-refractivity contribution is -0.129. The summed E-state index contributed by atoms with van der Waals surface area (Å²) in [5.41, 5.74) is 0. The lowest BCUT2D eigenvalue weighted by Gasteiger charge is -2.45. The molecule has 114 valence electrons. The summed E-state index contributed by atoms with van der Waals surface area (Å²) in [5, 5.41) is 3.67. The molecule has 0 aliphatic carbocycles. The normalized spacial score (nSPS) is 29.0. The van der Waals surface area contributed by atoms with E-state index in [0.29, 0.717) is 16.7 Å². The number of halogens is 1. The molecule has 2 bridgehead atoms. The Hall–Kier alpha value is -1.26. The molecule has 2 unspecified atom stereocenters. The van der Waals surface area contributed by atoms with Crippen LogP contribution in [-0.2, 0) is 4.79 Å². The first-order valence-electron chi connectivity index (χ1n) is 7.57. The predicted octanol–water partition coefficient (Wildman–Crippen LogP) is 2.32. The molecule has 3 heterocycles. The number of para-hydroxylation sites is 1. The van der Waals surface area contributed by atoms with E-state index in [1.165, 1.54) is 25.9 Å². The maximum Gasteiger partial charge on any atom is 0.261 e. The van der Waals surface area contributed by atoms with Gasteiger partial charge in [0.05, 0.1) is 5.02 Å². The first-order valence-corrected chi connectivity index (χ1v) is 7.95. The lowest BCUT2D eigenvalue weighted by atomic mass is 9.84. The number of rotatable bonds is 4. The first-order chi connectivity index (χ1) is 10.1. The summed E-state index contributed by atoms with van der Waals surface area (Å²) in [6.45, 7) is 5.07. The second-order valence-electron chi connectivity index (χ2n) is 5.94. The number of hydrogen-bond donors (Lipinski definition) is 1. The molecule has 1 N–H and O–H groups in total. The molecule has 0 saturated carbocycles. The minimum Gasteiger partial charge on any atom is -0.479 e. The fourth-order valence-corrected chi connectivity index (χ4v) is 3.39. The molecule has 1 aromatic rings. The number of benzene rings is 1. The topological polar surface area (TPSA) is 41.6 Å². The van der Waals surface area contributed by atoms with Crippen molar-refractivity contribution in [2.45, 2.75) is 31.9 Å². The molecule has 1 aromatic carbocycles. The molecule has 1 amide bonds. The molecule has 5 heteroatoms. The van der Waals surface area contributed by atoms with Gasteiger partial charge in [-0.3, -0.25) is 4.79 Å². The molecule has 4 nitrogen and oxygen atoms in total. The van der Waals surface area contributed by atoms with Gasteiger partial charge < -0.3 is 15.0 Å². The zero-order chi connectivity index (χ0) is 14.8. The van der Waals surface area contributed by atoms with E-state index in [-0.39, 0.29) is 11.9 Å². The molecule has 4 rings (SSSR count). The monoisotopic (exact) mass is 308 g/mol. The summed E-state index contributed by atoms with van der Waals surface area (Å²) >= 11 is 6.05. The van der Waals surface area contributed by atoms with E-state index >= 15 is 0 Å². The Balaban J connectivity index is 1.57. The van der Waals surface area contributed by atoms with Crippen LogP contribution in [0.4, 0.5) is 0 Å². The summed E-state index contributed by atoms with van der Waals surface area (Å²) in [6.07, 6.45) is 1.83. The molecule has 3 fully saturated rings. The number of carbonyl (C=O) groups excluding carboxylic acids is 1. The van der Waals surface area contributed by atoms with Crippen molar-refractivity contribution in [3.05, 3.63) is 29.3 Å². The van der Waals surface area contributed by atoms with Crippen molar-refractivity contribution in [2.75, 3.05) is 19.6 Å². The summed E-state index contributed by atoms with van der Waals surface area (Å²) in [5.74, 6) is 1.11. The largest absolute Gasteiger partial charge is 0.479 e. The van der Waals surface area contributed by atoms with Crippen LogP contribution < -0.4 is 10.1 Å². The molecular formula is C16H21ClN2O2. The van der Waals surface area contributed by atoms with E-state index in [1.54, 1.807) is 19.1 Å². The van der Waals surface area contributed by atoms with Gasteiger partial charge >= 0.3 is 0 Å². The highest BCUT2D eigenvalue weighted by Crippen LogP contribution is 2.28. The second kappa shape index (κ2) is 6.24. The summed E-state index contributed by atoms with van der Waals surface area (Å²) in [6, 6.07) is 7.49. The zero-order valence-electron chi connectivity index (χ0n) is 12.2. The summed E-state index contributed by atoms with van der Waals surface area (Å²) in [7, 11) is 0.